The molecule has 20 heavy (non-hydrogen) atoms. The molecule has 0 aliphatic carbocycles. The number of thiazole rings is 1. The van der Waals surface area contributed by atoms with Crippen molar-refractivity contribution in [2.75, 3.05) is 18.0 Å². The van der Waals surface area contributed by atoms with Gasteiger partial charge in [-0.3, -0.25) is 0 Å². The van der Waals surface area contributed by atoms with E-state index in [-0.39, 0.29) is 0 Å². The van der Waals surface area contributed by atoms with Gasteiger partial charge in [0, 0.05) is 30.6 Å². The molecule has 2 bridgehead atoms. The van der Waals surface area contributed by atoms with E-state index in [2.05, 4.69) is 31.0 Å². The number of hydrogen-bond donors (Lipinski definition) is 1. The van der Waals surface area contributed by atoms with Gasteiger partial charge in [-0.25, -0.2) is 4.98 Å². The molecule has 3 rings (SSSR count). The molecular formula is C15H25N3OS. The number of ether oxygens (including phenoxy) is 1. The quantitative estimate of drug-likeness (QED) is 0.906. The summed E-state index contributed by atoms with van der Waals surface area (Å²) in [5.74, 6) is 0. The molecule has 0 saturated carbocycles. The van der Waals surface area contributed by atoms with Crippen LogP contribution in [-0.4, -0.2) is 36.3 Å². The van der Waals surface area contributed by atoms with E-state index in [9.17, 15) is 0 Å². The molecule has 1 N–H and O–H groups in total. The highest BCUT2D eigenvalue weighted by Gasteiger charge is 2.35. The molecule has 0 radical (unpaired) electrons. The highest BCUT2D eigenvalue weighted by atomic mass is 32.1. The molecule has 2 unspecified atom stereocenters. The molecule has 2 aliphatic rings. The van der Waals surface area contributed by atoms with E-state index in [0.717, 1.165) is 26.1 Å². The highest BCUT2D eigenvalue weighted by Crippen LogP contribution is 2.33. The smallest absolute Gasteiger partial charge is 0.186 e. The van der Waals surface area contributed by atoms with Crippen LogP contribution in [0.1, 0.15) is 44.2 Å². The maximum absolute atomic E-state index is 5.91. The summed E-state index contributed by atoms with van der Waals surface area (Å²) in [5.41, 5.74) is 1.26. The van der Waals surface area contributed by atoms with Crippen molar-refractivity contribution in [3.63, 3.8) is 0 Å². The van der Waals surface area contributed by atoms with Crippen LogP contribution < -0.4 is 10.2 Å². The Bertz CT molecular complexity index is 448. The minimum Gasteiger partial charge on any atom is -0.371 e. The normalized spacial score (nSPS) is 25.7. The van der Waals surface area contributed by atoms with Crippen molar-refractivity contribution in [1.82, 2.24) is 10.3 Å². The number of aryl methyl sites for hydroxylation is 1. The van der Waals surface area contributed by atoms with E-state index in [1.165, 1.54) is 28.5 Å². The number of morpholine rings is 1. The molecule has 0 amide bonds. The predicted molar refractivity (Wildman–Crippen MR) is 83.6 cm³/mol. The molecule has 2 aliphatic heterocycles. The van der Waals surface area contributed by atoms with Gasteiger partial charge >= 0.3 is 0 Å². The fourth-order valence-corrected chi connectivity index (χ4v) is 4.10. The van der Waals surface area contributed by atoms with Gasteiger partial charge in [0.05, 0.1) is 17.9 Å². The first-order valence-electron chi connectivity index (χ1n) is 7.78. The second-order valence-electron chi connectivity index (χ2n) is 6.12. The summed E-state index contributed by atoms with van der Waals surface area (Å²) in [6, 6.07) is 0.518. The average Bonchev–Trinajstić information content (AvgIpc) is 2.99. The first-order valence-corrected chi connectivity index (χ1v) is 8.59. The molecule has 4 nitrogen and oxygen atoms in total. The van der Waals surface area contributed by atoms with Gasteiger partial charge in [0.25, 0.3) is 0 Å². The van der Waals surface area contributed by atoms with Crippen molar-refractivity contribution >= 4 is 16.5 Å². The third-order valence-corrected chi connectivity index (χ3v) is 5.25. The zero-order valence-corrected chi connectivity index (χ0v) is 13.5. The van der Waals surface area contributed by atoms with Crippen molar-refractivity contribution in [3.8, 4) is 0 Å². The summed E-state index contributed by atoms with van der Waals surface area (Å²) in [4.78, 5) is 8.71. The fraction of sp³-hybridized carbons (Fsp3) is 0.800. The summed E-state index contributed by atoms with van der Waals surface area (Å²) in [6.45, 7) is 9.55. The van der Waals surface area contributed by atoms with Crippen LogP contribution in [0, 0.1) is 0 Å². The number of rotatable bonds is 5. The third kappa shape index (κ3) is 3.00. The van der Waals surface area contributed by atoms with Crippen LogP contribution in [0.2, 0.25) is 0 Å². The molecular weight excluding hydrogens is 270 g/mol. The number of nitrogens with zero attached hydrogens (tertiary/aromatic N) is 2. The van der Waals surface area contributed by atoms with E-state index < -0.39 is 0 Å². The van der Waals surface area contributed by atoms with E-state index in [1.807, 2.05) is 11.3 Å². The molecule has 1 aromatic rings. The lowest BCUT2D eigenvalue weighted by atomic mass is 10.2. The Morgan fingerprint density at radius 2 is 2.05 bits per heavy atom. The summed E-state index contributed by atoms with van der Waals surface area (Å²) in [5, 5.41) is 4.71. The van der Waals surface area contributed by atoms with Gasteiger partial charge < -0.3 is 15.0 Å². The summed E-state index contributed by atoms with van der Waals surface area (Å²) >= 11 is 1.86. The van der Waals surface area contributed by atoms with E-state index >= 15 is 0 Å². The topological polar surface area (TPSA) is 37.4 Å². The Balaban J connectivity index is 1.73. The first-order chi connectivity index (χ1) is 9.65. The number of hydrogen-bond acceptors (Lipinski definition) is 5. The molecule has 112 valence electrons. The van der Waals surface area contributed by atoms with Crippen LogP contribution in [0.25, 0.3) is 0 Å². The number of fused-ring (bicyclic) bond motifs is 2. The zero-order valence-electron chi connectivity index (χ0n) is 12.7. The van der Waals surface area contributed by atoms with Gasteiger partial charge in [0.1, 0.15) is 0 Å². The van der Waals surface area contributed by atoms with Crippen LogP contribution in [0.4, 0.5) is 5.13 Å². The van der Waals surface area contributed by atoms with Gasteiger partial charge in [-0.15, -0.1) is 11.3 Å². The van der Waals surface area contributed by atoms with Crippen molar-refractivity contribution < 1.29 is 4.74 Å². The summed E-state index contributed by atoms with van der Waals surface area (Å²) in [6.07, 6.45) is 4.31. The van der Waals surface area contributed by atoms with Crippen molar-refractivity contribution in [3.05, 3.63) is 10.6 Å². The van der Waals surface area contributed by atoms with Crippen LogP contribution in [0.15, 0.2) is 0 Å². The Kier molecular flexibility index (Phi) is 4.29. The van der Waals surface area contributed by atoms with Crippen LogP contribution in [0.3, 0.4) is 0 Å². The highest BCUT2D eigenvalue weighted by molar-refractivity contribution is 7.15. The summed E-state index contributed by atoms with van der Waals surface area (Å²) in [7, 11) is 0. The minimum absolute atomic E-state index is 0.431. The van der Waals surface area contributed by atoms with Crippen LogP contribution in [0.5, 0.6) is 0 Å². The van der Waals surface area contributed by atoms with Crippen LogP contribution in [-0.2, 0) is 17.7 Å². The van der Waals surface area contributed by atoms with Gasteiger partial charge in [0.2, 0.25) is 0 Å². The predicted octanol–water partition coefficient (Wildman–Crippen LogP) is 2.57. The number of aromatic nitrogens is 1. The van der Waals surface area contributed by atoms with Crippen molar-refractivity contribution in [2.24, 2.45) is 0 Å². The van der Waals surface area contributed by atoms with Gasteiger partial charge in [-0.1, -0.05) is 20.8 Å². The average molecular weight is 295 g/mol. The van der Waals surface area contributed by atoms with Gasteiger partial charge in [-0.2, -0.15) is 0 Å². The summed E-state index contributed by atoms with van der Waals surface area (Å²) < 4.78 is 5.91. The lowest BCUT2D eigenvalue weighted by Crippen LogP contribution is -2.42. The second kappa shape index (κ2) is 6.00. The maximum atomic E-state index is 5.91. The molecule has 0 spiro atoms. The van der Waals surface area contributed by atoms with Crippen molar-refractivity contribution in [2.45, 2.75) is 64.8 Å². The Morgan fingerprint density at radius 3 is 2.65 bits per heavy atom. The standard InChI is InChI=1S/C15H25N3OS/c1-4-13-14(7-16-10(2)3)20-15(17-13)18-8-11-5-6-12(9-18)19-11/h10-12,16H,4-9H2,1-3H3. The van der Waals surface area contributed by atoms with Gasteiger partial charge in [0.15, 0.2) is 5.13 Å². The lowest BCUT2D eigenvalue weighted by Gasteiger charge is -2.31. The molecule has 2 atom stereocenters. The molecule has 5 heteroatoms. The van der Waals surface area contributed by atoms with E-state index in [0.29, 0.717) is 18.2 Å². The first kappa shape index (κ1) is 14.3. The minimum atomic E-state index is 0.431. The fourth-order valence-electron chi connectivity index (χ4n) is 2.99. The zero-order chi connectivity index (χ0) is 14.1. The monoisotopic (exact) mass is 295 g/mol. The SMILES string of the molecule is CCc1nc(N2CC3CCC(C2)O3)sc1CNC(C)C. The van der Waals surface area contributed by atoms with Gasteiger partial charge in [-0.05, 0) is 19.3 Å². The van der Waals surface area contributed by atoms with Crippen LogP contribution >= 0.6 is 11.3 Å². The molecule has 2 fully saturated rings. The van der Waals surface area contributed by atoms with E-state index in [4.69, 9.17) is 9.72 Å². The maximum Gasteiger partial charge on any atom is 0.186 e. The molecule has 2 saturated heterocycles. The van der Waals surface area contributed by atoms with Crippen molar-refractivity contribution in [1.29, 1.82) is 0 Å². The largest absolute Gasteiger partial charge is 0.371 e. The number of nitrogens with one attached hydrogen (secondary N) is 1. The Hall–Kier alpha value is -0.650. The Morgan fingerprint density at radius 1 is 1.35 bits per heavy atom. The lowest BCUT2D eigenvalue weighted by molar-refractivity contribution is 0.0305. The van der Waals surface area contributed by atoms with E-state index in [1.54, 1.807) is 0 Å². The molecule has 3 heterocycles. The number of anilines is 1. The molecule has 0 aromatic carbocycles. The third-order valence-electron chi connectivity index (χ3n) is 4.09. The Labute approximate surface area is 125 Å². The second-order valence-corrected chi connectivity index (χ2v) is 7.18. The molecule has 1 aromatic heterocycles.